The van der Waals surface area contributed by atoms with E-state index < -0.39 is 0 Å². The van der Waals surface area contributed by atoms with Crippen LogP contribution in [0.15, 0.2) is 34.9 Å². The zero-order valence-electron chi connectivity index (χ0n) is 14.3. The van der Waals surface area contributed by atoms with E-state index in [2.05, 4.69) is 11.9 Å². The number of halogens is 1. The van der Waals surface area contributed by atoms with Crippen LogP contribution in [0.5, 0.6) is 0 Å². The van der Waals surface area contributed by atoms with Crippen molar-refractivity contribution in [2.75, 3.05) is 19.7 Å². The van der Waals surface area contributed by atoms with Gasteiger partial charge in [-0.25, -0.2) is 9.37 Å². The summed E-state index contributed by atoms with van der Waals surface area (Å²) in [4.78, 5) is 18.4. The maximum Gasteiger partial charge on any atom is 0.223 e. The molecule has 1 aliphatic rings. The third-order valence-corrected chi connectivity index (χ3v) is 4.94. The molecule has 0 spiro atoms. The molecule has 1 aliphatic heterocycles. The summed E-state index contributed by atoms with van der Waals surface area (Å²) in [6, 6.07) is 6.01. The average Bonchev–Trinajstić information content (AvgIpc) is 3.09. The fourth-order valence-corrected chi connectivity index (χ4v) is 3.16. The van der Waals surface area contributed by atoms with Crippen molar-refractivity contribution in [3.8, 4) is 11.3 Å². The van der Waals surface area contributed by atoms with Crippen LogP contribution >= 0.6 is 0 Å². The quantitative estimate of drug-likeness (QED) is 0.904. The Hall–Kier alpha value is -2.21. The number of carbonyl (C=O) groups is 1. The molecule has 1 aromatic heterocycles. The molecule has 2 unspecified atom stereocenters. The van der Waals surface area contributed by atoms with Gasteiger partial charge in [-0.3, -0.25) is 4.79 Å². The van der Waals surface area contributed by atoms with Gasteiger partial charge in [-0.05, 0) is 36.6 Å². The van der Waals surface area contributed by atoms with Gasteiger partial charge in [0.1, 0.15) is 5.82 Å². The predicted molar refractivity (Wildman–Crippen MR) is 91.2 cm³/mol. The molecule has 1 fully saturated rings. The first kappa shape index (κ1) is 17.6. The molecule has 1 saturated heterocycles. The van der Waals surface area contributed by atoms with Gasteiger partial charge in [0, 0.05) is 44.0 Å². The minimum absolute atomic E-state index is 0.0619. The fourth-order valence-electron chi connectivity index (χ4n) is 3.16. The van der Waals surface area contributed by atoms with Gasteiger partial charge in [0.05, 0.1) is 6.20 Å². The lowest BCUT2D eigenvalue weighted by molar-refractivity contribution is -0.134. The molecule has 0 saturated carbocycles. The molecule has 1 amide bonds. The third-order valence-electron chi connectivity index (χ3n) is 4.94. The van der Waals surface area contributed by atoms with E-state index in [1.165, 1.54) is 12.1 Å². The molecular weight excluding hydrogens is 323 g/mol. The Morgan fingerprint density at radius 2 is 2.16 bits per heavy atom. The van der Waals surface area contributed by atoms with Crippen molar-refractivity contribution >= 4 is 5.91 Å². The van der Waals surface area contributed by atoms with Gasteiger partial charge in [-0.1, -0.05) is 6.92 Å². The van der Waals surface area contributed by atoms with Gasteiger partial charge in [0.15, 0.2) is 11.7 Å². The number of benzene rings is 1. The van der Waals surface area contributed by atoms with Crippen molar-refractivity contribution < 1.29 is 18.7 Å². The molecule has 3 rings (SSSR count). The van der Waals surface area contributed by atoms with E-state index in [9.17, 15) is 14.3 Å². The van der Waals surface area contributed by atoms with Crippen LogP contribution in [0.3, 0.4) is 0 Å². The van der Waals surface area contributed by atoms with Crippen molar-refractivity contribution in [1.29, 1.82) is 0 Å². The standard InChI is InChI=1S/C19H23FN2O3/c1-13-8-9-22(11-15(13)12-23)19(24)7-6-18-21-10-17(25-18)14-2-4-16(20)5-3-14/h2-5,10,13,15,23H,6-9,11-12H2,1H3. The van der Waals surface area contributed by atoms with Gasteiger partial charge in [-0.2, -0.15) is 0 Å². The molecule has 6 heteroatoms. The van der Waals surface area contributed by atoms with E-state index >= 15 is 0 Å². The highest BCUT2D eigenvalue weighted by Gasteiger charge is 2.28. The van der Waals surface area contributed by atoms with Crippen LogP contribution in [0.25, 0.3) is 11.3 Å². The third kappa shape index (κ3) is 4.25. The highest BCUT2D eigenvalue weighted by molar-refractivity contribution is 5.76. The zero-order chi connectivity index (χ0) is 17.8. The summed E-state index contributed by atoms with van der Waals surface area (Å²) in [5, 5.41) is 9.41. The number of rotatable bonds is 5. The van der Waals surface area contributed by atoms with Crippen molar-refractivity contribution in [2.45, 2.75) is 26.2 Å². The number of oxazole rings is 1. The van der Waals surface area contributed by atoms with Gasteiger partial charge >= 0.3 is 0 Å². The first-order valence-corrected chi connectivity index (χ1v) is 8.66. The van der Waals surface area contributed by atoms with Crippen LogP contribution in [0.4, 0.5) is 4.39 Å². The summed E-state index contributed by atoms with van der Waals surface area (Å²) in [7, 11) is 0. The van der Waals surface area contributed by atoms with E-state index in [0.717, 1.165) is 18.5 Å². The van der Waals surface area contributed by atoms with Crippen LogP contribution in [-0.2, 0) is 11.2 Å². The molecule has 2 aromatic rings. The number of hydrogen-bond acceptors (Lipinski definition) is 4. The number of nitrogens with zero attached hydrogens (tertiary/aromatic N) is 2. The lowest BCUT2D eigenvalue weighted by Gasteiger charge is -2.36. The Morgan fingerprint density at radius 1 is 1.40 bits per heavy atom. The number of aliphatic hydroxyl groups excluding tert-OH is 1. The van der Waals surface area contributed by atoms with Gasteiger partial charge in [-0.15, -0.1) is 0 Å². The number of amides is 1. The van der Waals surface area contributed by atoms with Gasteiger partial charge < -0.3 is 14.4 Å². The number of hydrogen-bond donors (Lipinski definition) is 1. The minimum atomic E-state index is -0.300. The number of aromatic nitrogens is 1. The molecule has 1 N–H and O–H groups in total. The molecule has 0 radical (unpaired) electrons. The van der Waals surface area contributed by atoms with Crippen LogP contribution in [-0.4, -0.2) is 40.6 Å². The van der Waals surface area contributed by atoms with Crippen molar-refractivity contribution in [3.63, 3.8) is 0 Å². The maximum atomic E-state index is 13.0. The predicted octanol–water partition coefficient (Wildman–Crippen LogP) is 2.89. The lowest BCUT2D eigenvalue weighted by Crippen LogP contribution is -2.44. The van der Waals surface area contributed by atoms with Crippen molar-refractivity contribution in [1.82, 2.24) is 9.88 Å². The largest absolute Gasteiger partial charge is 0.441 e. The van der Waals surface area contributed by atoms with Crippen LogP contribution in [0, 0.1) is 17.7 Å². The summed E-state index contributed by atoms with van der Waals surface area (Å²) in [6.07, 6.45) is 3.27. The zero-order valence-corrected chi connectivity index (χ0v) is 14.3. The van der Waals surface area contributed by atoms with Gasteiger partial charge in [0.25, 0.3) is 0 Å². The van der Waals surface area contributed by atoms with E-state index in [1.54, 1.807) is 18.3 Å². The van der Waals surface area contributed by atoms with Crippen molar-refractivity contribution in [3.05, 3.63) is 42.2 Å². The first-order chi connectivity index (χ1) is 12.1. The lowest BCUT2D eigenvalue weighted by atomic mass is 9.87. The number of piperidine rings is 1. The molecule has 25 heavy (non-hydrogen) atoms. The number of carbonyl (C=O) groups excluding carboxylic acids is 1. The Bertz CT molecular complexity index is 714. The number of likely N-dealkylation sites (tertiary alicyclic amines) is 1. The minimum Gasteiger partial charge on any atom is -0.441 e. The SMILES string of the molecule is CC1CCN(C(=O)CCc2ncc(-c3ccc(F)cc3)o2)CC1CO. The normalized spacial score (nSPS) is 20.7. The molecule has 0 aliphatic carbocycles. The molecule has 1 aromatic carbocycles. The molecule has 134 valence electrons. The Balaban J connectivity index is 1.55. The van der Waals surface area contributed by atoms with E-state index in [0.29, 0.717) is 37.0 Å². The molecular formula is C19H23FN2O3. The fraction of sp³-hybridized carbons (Fsp3) is 0.474. The highest BCUT2D eigenvalue weighted by Crippen LogP contribution is 2.24. The second-order valence-electron chi connectivity index (χ2n) is 6.67. The van der Waals surface area contributed by atoms with Crippen LogP contribution in [0.2, 0.25) is 0 Å². The van der Waals surface area contributed by atoms with E-state index in [1.807, 2.05) is 4.90 Å². The molecule has 0 bridgehead atoms. The molecule has 2 atom stereocenters. The van der Waals surface area contributed by atoms with E-state index in [-0.39, 0.29) is 24.2 Å². The Labute approximate surface area is 146 Å². The molecule has 2 heterocycles. The summed E-state index contributed by atoms with van der Waals surface area (Å²) in [5.41, 5.74) is 0.752. The van der Waals surface area contributed by atoms with Gasteiger partial charge in [0.2, 0.25) is 5.91 Å². The van der Waals surface area contributed by atoms with Crippen LogP contribution in [0.1, 0.15) is 25.7 Å². The van der Waals surface area contributed by atoms with E-state index in [4.69, 9.17) is 4.42 Å². The second-order valence-corrected chi connectivity index (χ2v) is 6.67. The number of aryl methyl sites for hydroxylation is 1. The summed E-state index contributed by atoms with van der Waals surface area (Å²) in [5.74, 6) is 1.42. The topological polar surface area (TPSA) is 66.6 Å². The first-order valence-electron chi connectivity index (χ1n) is 8.66. The smallest absolute Gasteiger partial charge is 0.223 e. The Morgan fingerprint density at radius 3 is 2.88 bits per heavy atom. The summed E-state index contributed by atoms with van der Waals surface area (Å²) >= 11 is 0. The average molecular weight is 346 g/mol. The highest BCUT2D eigenvalue weighted by atomic mass is 19.1. The summed E-state index contributed by atoms with van der Waals surface area (Å²) in [6.45, 7) is 3.59. The second kappa shape index (κ2) is 7.78. The van der Waals surface area contributed by atoms with Crippen LogP contribution < -0.4 is 0 Å². The van der Waals surface area contributed by atoms with Crippen molar-refractivity contribution in [2.24, 2.45) is 11.8 Å². The molecule has 5 nitrogen and oxygen atoms in total. The maximum absolute atomic E-state index is 13.0. The summed E-state index contributed by atoms with van der Waals surface area (Å²) < 4.78 is 18.6. The Kier molecular flexibility index (Phi) is 5.48. The number of aliphatic hydroxyl groups is 1. The monoisotopic (exact) mass is 346 g/mol.